The first-order chi connectivity index (χ1) is 9.02. The summed E-state index contributed by atoms with van der Waals surface area (Å²) in [7, 11) is 0. The van der Waals surface area contributed by atoms with E-state index in [1.54, 1.807) is 12.1 Å². The molecule has 0 aliphatic heterocycles. The largest absolute Gasteiger partial charge is 0.271 e. The van der Waals surface area contributed by atoms with Gasteiger partial charge >= 0.3 is 0 Å². The molecular weight excluding hydrogens is 309 g/mol. The monoisotopic (exact) mass is 323 g/mol. The minimum absolute atomic E-state index is 0.300. The third-order valence-corrected chi connectivity index (χ3v) is 3.51. The van der Waals surface area contributed by atoms with Gasteiger partial charge in [-0.25, -0.2) is 9.82 Å². The predicted octanol–water partition coefficient (Wildman–Crippen LogP) is 3.15. The van der Waals surface area contributed by atoms with Crippen molar-refractivity contribution < 1.29 is 4.39 Å². The molecule has 0 fully saturated rings. The number of aryl methyl sites for hydroxylation is 2. The maximum atomic E-state index is 14.0. The molecule has 2 aromatic rings. The first-order valence-corrected chi connectivity index (χ1v) is 6.67. The van der Waals surface area contributed by atoms with Crippen LogP contribution < -0.4 is 11.3 Å². The predicted molar refractivity (Wildman–Crippen MR) is 77.0 cm³/mol. The summed E-state index contributed by atoms with van der Waals surface area (Å²) in [5, 5.41) is 0. The van der Waals surface area contributed by atoms with E-state index in [9.17, 15) is 4.39 Å². The molecule has 2 rings (SSSR count). The minimum Gasteiger partial charge on any atom is -0.271 e. The van der Waals surface area contributed by atoms with Gasteiger partial charge in [0, 0.05) is 21.4 Å². The molecule has 1 atom stereocenters. The number of rotatable bonds is 3. The average molecular weight is 324 g/mol. The van der Waals surface area contributed by atoms with Crippen molar-refractivity contribution in [2.45, 2.75) is 19.9 Å². The molecule has 1 unspecified atom stereocenters. The maximum Gasteiger partial charge on any atom is 0.128 e. The summed E-state index contributed by atoms with van der Waals surface area (Å²) in [6.07, 6.45) is 0. The molecule has 0 aliphatic carbocycles. The molecule has 1 aromatic carbocycles. The Balaban J connectivity index is 2.52. The summed E-state index contributed by atoms with van der Waals surface area (Å²) in [4.78, 5) is 4.39. The Morgan fingerprint density at radius 3 is 2.58 bits per heavy atom. The Kier molecular flexibility index (Phi) is 4.29. The molecule has 0 saturated carbocycles. The van der Waals surface area contributed by atoms with E-state index in [1.165, 1.54) is 6.07 Å². The summed E-state index contributed by atoms with van der Waals surface area (Å²) in [6.45, 7) is 3.81. The van der Waals surface area contributed by atoms with Crippen LogP contribution in [-0.4, -0.2) is 4.98 Å². The normalized spacial score (nSPS) is 12.5. The van der Waals surface area contributed by atoms with Crippen LogP contribution in [0.4, 0.5) is 4.39 Å². The first-order valence-electron chi connectivity index (χ1n) is 5.88. The summed E-state index contributed by atoms with van der Waals surface area (Å²) >= 11 is 3.35. The molecule has 0 saturated heterocycles. The first kappa shape index (κ1) is 14.1. The molecule has 1 heterocycles. The standard InChI is InChI=1S/C14H15BrFN3/c1-8-3-5-11(9(2)18-8)14(19-17)12-7-10(15)4-6-13(12)16/h3-7,14,19H,17H2,1-2H3. The quantitative estimate of drug-likeness (QED) is 0.674. The Labute approximate surface area is 120 Å². The maximum absolute atomic E-state index is 14.0. The molecule has 5 heteroatoms. The van der Waals surface area contributed by atoms with Crippen LogP contribution in [0.5, 0.6) is 0 Å². The summed E-state index contributed by atoms with van der Waals surface area (Å²) in [5.41, 5.74) is 5.78. The summed E-state index contributed by atoms with van der Waals surface area (Å²) in [6, 6.07) is 8.18. The van der Waals surface area contributed by atoms with Crippen molar-refractivity contribution in [3.05, 3.63) is 63.1 Å². The van der Waals surface area contributed by atoms with Gasteiger partial charge < -0.3 is 0 Å². The number of pyridine rings is 1. The Bertz CT molecular complexity index is 601. The Morgan fingerprint density at radius 2 is 1.95 bits per heavy atom. The molecular formula is C14H15BrFN3. The van der Waals surface area contributed by atoms with Crippen LogP contribution >= 0.6 is 15.9 Å². The van der Waals surface area contributed by atoms with Gasteiger partial charge in [-0.1, -0.05) is 22.0 Å². The molecule has 0 spiro atoms. The van der Waals surface area contributed by atoms with E-state index in [0.717, 1.165) is 21.4 Å². The highest BCUT2D eigenvalue weighted by Gasteiger charge is 2.19. The minimum atomic E-state index is -0.425. The van der Waals surface area contributed by atoms with Gasteiger partial charge in [-0.05, 0) is 43.7 Å². The highest BCUT2D eigenvalue weighted by molar-refractivity contribution is 9.10. The molecule has 0 radical (unpaired) electrons. The number of aromatic nitrogens is 1. The zero-order chi connectivity index (χ0) is 14.0. The lowest BCUT2D eigenvalue weighted by atomic mass is 9.97. The zero-order valence-electron chi connectivity index (χ0n) is 10.7. The van der Waals surface area contributed by atoms with E-state index in [1.807, 2.05) is 26.0 Å². The van der Waals surface area contributed by atoms with Crippen LogP contribution in [0.25, 0.3) is 0 Å². The zero-order valence-corrected chi connectivity index (χ0v) is 12.3. The second kappa shape index (κ2) is 5.77. The molecule has 19 heavy (non-hydrogen) atoms. The second-order valence-electron chi connectivity index (χ2n) is 4.39. The fraction of sp³-hybridized carbons (Fsp3) is 0.214. The van der Waals surface area contributed by atoms with Gasteiger partial charge in [0.15, 0.2) is 0 Å². The number of hydrogen-bond acceptors (Lipinski definition) is 3. The molecule has 0 aliphatic rings. The van der Waals surface area contributed by atoms with E-state index >= 15 is 0 Å². The van der Waals surface area contributed by atoms with Gasteiger partial charge in [-0.3, -0.25) is 10.8 Å². The van der Waals surface area contributed by atoms with Crippen molar-refractivity contribution in [3.63, 3.8) is 0 Å². The van der Waals surface area contributed by atoms with E-state index < -0.39 is 6.04 Å². The van der Waals surface area contributed by atoms with Gasteiger partial charge in [-0.15, -0.1) is 0 Å². The number of hydrazine groups is 1. The molecule has 3 nitrogen and oxygen atoms in total. The van der Waals surface area contributed by atoms with Crippen LogP contribution in [0.15, 0.2) is 34.8 Å². The van der Waals surface area contributed by atoms with Crippen molar-refractivity contribution in [3.8, 4) is 0 Å². The van der Waals surface area contributed by atoms with Gasteiger partial charge in [0.2, 0.25) is 0 Å². The molecule has 0 bridgehead atoms. The number of benzene rings is 1. The van der Waals surface area contributed by atoms with E-state index in [4.69, 9.17) is 5.84 Å². The average Bonchev–Trinajstić information content (AvgIpc) is 2.36. The van der Waals surface area contributed by atoms with E-state index in [-0.39, 0.29) is 5.82 Å². The van der Waals surface area contributed by atoms with Crippen molar-refractivity contribution in [2.24, 2.45) is 5.84 Å². The number of halogens is 2. The van der Waals surface area contributed by atoms with Crippen LogP contribution in [-0.2, 0) is 0 Å². The Hall–Kier alpha value is -1.30. The van der Waals surface area contributed by atoms with Crippen molar-refractivity contribution in [1.29, 1.82) is 0 Å². The van der Waals surface area contributed by atoms with Crippen LogP contribution in [0.3, 0.4) is 0 Å². The van der Waals surface area contributed by atoms with Gasteiger partial charge in [-0.2, -0.15) is 0 Å². The van der Waals surface area contributed by atoms with Crippen LogP contribution in [0.2, 0.25) is 0 Å². The van der Waals surface area contributed by atoms with E-state index in [0.29, 0.717) is 5.56 Å². The van der Waals surface area contributed by atoms with E-state index in [2.05, 4.69) is 26.3 Å². The van der Waals surface area contributed by atoms with Gasteiger partial charge in [0.05, 0.1) is 6.04 Å². The fourth-order valence-corrected chi connectivity index (χ4v) is 2.46. The van der Waals surface area contributed by atoms with Crippen LogP contribution in [0, 0.1) is 19.7 Å². The third-order valence-electron chi connectivity index (χ3n) is 3.01. The van der Waals surface area contributed by atoms with Crippen molar-refractivity contribution >= 4 is 15.9 Å². The lowest BCUT2D eigenvalue weighted by molar-refractivity contribution is 0.557. The molecule has 3 N–H and O–H groups in total. The van der Waals surface area contributed by atoms with Crippen molar-refractivity contribution in [2.75, 3.05) is 0 Å². The highest BCUT2D eigenvalue weighted by atomic mass is 79.9. The number of hydrogen-bond donors (Lipinski definition) is 2. The summed E-state index contributed by atoms with van der Waals surface area (Å²) in [5.74, 6) is 5.30. The molecule has 100 valence electrons. The van der Waals surface area contributed by atoms with Gasteiger partial charge in [0.25, 0.3) is 0 Å². The summed E-state index contributed by atoms with van der Waals surface area (Å²) < 4.78 is 14.8. The topological polar surface area (TPSA) is 50.9 Å². The van der Waals surface area contributed by atoms with Gasteiger partial charge in [0.1, 0.15) is 5.82 Å². The number of nitrogens with two attached hydrogens (primary N) is 1. The SMILES string of the molecule is Cc1ccc(C(NN)c2cc(Br)ccc2F)c(C)n1. The second-order valence-corrected chi connectivity index (χ2v) is 5.31. The number of nitrogens with zero attached hydrogens (tertiary/aromatic N) is 1. The highest BCUT2D eigenvalue weighted by Crippen LogP contribution is 2.28. The van der Waals surface area contributed by atoms with Crippen LogP contribution in [0.1, 0.15) is 28.6 Å². The third kappa shape index (κ3) is 3.00. The van der Waals surface area contributed by atoms with Crippen molar-refractivity contribution in [1.82, 2.24) is 10.4 Å². The lowest BCUT2D eigenvalue weighted by Crippen LogP contribution is -2.30. The Morgan fingerprint density at radius 1 is 1.21 bits per heavy atom. The number of nitrogens with one attached hydrogen (secondary N) is 1. The molecule has 1 aromatic heterocycles. The smallest absolute Gasteiger partial charge is 0.128 e. The molecule has 0 amide bonds. The fourth-order valence-electron chi connectivity index (χ4n) is 2.09. The lowest BCUT2D eigenvalue weighted by Gasteiger charge is -2.19.